The van der Waals surface area contributed by atoms with Crippen molar-refractivity contribution < 1.29 is 5.11 Å². The zero-order chi connectivity index (χ0) is 13.1. The highest BCUT2D eigenvalue weighted by molar-refractivity contribution is 5.89. The number of nitrogens with zero attached hydrogens (tertiary/aromatic N) is 2. The van der Waals surface area contributed by atoms with Crippen molar-refractivity contribution >= 4 is 16.7 Å². The maximum Gasteiger partial charge on any atom is 0.137 e. The third kappa shape index (κ3) is 2.76. The molecule has 0 bridgehead atoms. The molecule has 0 fully saturated rings. The van der Waals surface area contributed by atoms with Crippen molar-refractivity contribution in [3.05, 3.63) is 30.1 Å². The second-order valence-electron chi connectivity index (χ2n) is 4.83. The summed E-state index contributed by atoms with van der Waals surface area (Å²) in [5.41, 5.74) is 0.935. The van der Waals surface area contributed by atoms with Gasteiger partial charge in [-0.2, -0.15) is 0 Å². The van der Waals surface area contributed by atoms with Crippen molar-refractivity contribution in [2.45, 2.75) is 32.8 Å². The topological polar surface area (TPSA) is 58.0 Å². The Hall–Kier alpha value is -1.68. The predicted molar refractivity (Wildman–Crippen MR) is 73.8 cm³/mol. The predicted octanol–water partition coefficient (Wildman–Crippen LogP) is 2.55. The Kier molecular flexibility index (Phi) is 3.77. The summed E-state index contributed by atoms with van der Waals surface area (Å²) in [6.45, 7) is 6.38. The number of para-hydroxylation sites is 1. The van der Waals surface area contributed by atoms with Crippen LogP contribution in [0.4, 0.5) is 5.82 Å². The largest absolute Gasteiger partial charge is 0.392 e. The fraction of sp³-hybridized carbons (Fsp3) is 0.429. The molecule has 0 saturated carbocycles. The van der Waals surface area contributed by atoms with Crippen LogP contribution >= 0.6 is 0 Å². The first-order chi connectivity index (χ1) is 8.58. The summed E-state index contributed by atoms with van der Waals surface area (Å²) in [5, 5.41) is 13.5. The highest BCUT2D eigenvalue weighted by Gasteiger charge is 2.10. The van der Waals surface area contributed by atoms with E-state index < -0.39 is 6.10 Å². The first-order valence-electron chi connectivity index (χ1n) is 6.26. The monoisotopic (exact) mass is 245 g/mol. The Balaban J connectivity index is 2.47. The third-order valence-corrected chi connectivity index (χ3v) is 2.70. The minimum atomic E-state index is -0.402. The summed E-state index contributed by atoms with van der Waals surface area (Å²) >= 11 is 0. The van der Waals surface area contributed by atoms with Crippen LogP contribution in [-0.4, -0.2) is 27.7 Å². The smallest absolute Gasteiger partial charge is 0.137 e. The van der Waals surface area contributed by atoms with E-state index >= 15 is 0 Å². The van der Waals surface area contributed by atoms with Crippen molar-refractivity contribution in [3.63, 3.8) is 0 Å². The molecule has 2 N–H and O–H groups in total. The molecule has 0 saturated heterocycles. The lowest BCUT2D eigenvalue weighted by Gasteiger charge is -2.13. The zero-order valence-corrected chi connectivity index (χ0v) is 11.0. The number of aromatic nitrogens is 2. The number of aliphatic hydroxyl groups excluding tert-OH is 1. The molecule has 1 unspecified atom stereocenters. The van der Waals surface area contributed by atoms with Crippen molar-refractivity contribution in [1.29, 1.82) is 0 Å². The van der Waals surface area contributed by atoms with E-state index in [0.717, 1.165) is 22.5 Å². The molecule has 0 spiro atoms. The number of rotatable bonds is 4. The Morgan fingerprint density at radius 1 is 1.17 bits per heavy atom. The fourth-order valence-electron chi connectivity index (χ4n) is 1.73. The molecule has 4 nitrogen and oxygen atoms in total. The number of benzene rings is 1. The van der Waals surface area contributed by atoms with Crippen molar-refractivity contribution in [3.8, 4) is 0 Å². The van der Waals surface area contributed by atoms with E-state index in [1.165, 1.54) is 0 Å². The molecule has 96 valence electrons. The first-order valence-corrected chi connectivity index (χ1v) is 6.26. The van der Waals surface area contributed by atoms with E-state index in [1.54, 1.807) is 6.92 Å². The normalized spacial score (nSPS) is 12.9. The summed E-state index contributed by atoms with van der Waals surface area (Å²) in [6.07, 6.45) is -0.402. The maximum atomic E-state index is 9.36. The lowest BCUT2D eigenvalue weighted by atomic mass is 10.1. The number of hydrogen-bond acceptors (Lipinski definition) is 4. The van der Waals surface area contributed by atoms with E-state index in [9.17, 15) is 5.11 Å². The van der Waals surface area contributed by atoms with Gasteiger partial charge in [0.1, 0.15) is 11.6 Å². The van der Waals surface area contributed by atoms with Gasteiger partial charge in [0.05, 0.1) is 11.6 Å². The van der Waals surface area contributed by atoms with Crippen molar-refractivity contribution in [1.82, 2.24) is 9.97 Å². The molecule has 1 heterocycles. The van der Waals surface area contributed by atoms with Gasteiger partial charge in [-0.05, 0) is 19.1 Å². The second kappa shape index (κ2) is 5.31. The van der Waals surface area contributed by atoms with E-state index in [0.29, 0.717) is 6.54 Å². The molecule has 4 heteroatoms. The Labute approximate surface area is 107 Å². The number of hydrogen-bond donors (Lipinski definition) is 2. The number of anilines is 1. The standard InChI is InChI=1S/C14H19N3O/c1-9(2)13-16-12-7-5-4-6-11(12)14(17-13)15-8-10(3)18/h4-7,9-10,18H,8H2,1-3H3,(H,15,16,17). The number of aliphatic hydroxyl groups is 1. The van der Waals surface area contributed by atoms with Gasteiger partial charge in [0, 0.05) is 17.8 Å². The molecule has 0 amide bonds. The molecule has 0 radical (unpaired) electrons. The molecule has 1 aromatic heterocycles. The van der Waals surface area contributed by atoms with Crippen LogP contribution in [0.15, 0.2) is 24.3 Å². The molecule has 2 rings (SSSR count). The molecular weight excluding hydrogens is 226 g/mol. The van der Waals surface area contributed by atoms with Gasteiger partial charge in [-0.25, -0.2) is 9.97 Å². The third-order valence-electron chi connectivity index (χ3n) is 2.70. The van der Waals surface area contributed by atoms with Gasteiger partial charge >= 0.3 is 0 Å². The molecule has 0 aliphatic heterocycles. The highest BCUT2D eigenvalue weighted by Crippen LogP contribution is 2.22. The van der Waals surface area contributed by atoms with E-state index in [4.69, 9.17) is 0 Å². The van der Waals surface area contributed by atoms with E-state index in [-0.39, 0.29) is 5.92 Å². The maximum absolute atomic E-state index is 9.36. The average molecular weight is 245 g/mol. The van der Waals surface area contributed by atoms with Gasteiger partial charge in [0.15, 0.2) is 0 Å². The summed E-state index contributed by atoms with van der Waals surface area (Å²) in [4.78, 5) is 9.09. The van der Waals surface area contributed by atoms with Gasteiger partial charge in [-0.3, -0.25) is 0 Å². The molecule has 2 aromatic rings. The van der Waals surface area contributed by atoms with Gasteiger partial charge in [0.25, 0.3) is 0 Å². The van der Waals surface area contributed by atoms with Gasteiger partial charge in [0.2, 0.25) is 0 Å². The van der Waals surface area contributed by atoms with Gasteiger partial charge < -0.3 is 10.4 Å². The zero-order valence-electron chi connectivity index (χ0n) is 11.0. The Bertz CT molecular complexity index is 538. The molecule has 1 atom stereocenters. The summed E-state index contributed by atoms with van der Waals surface area (Å²) < 4.78 is 0. The minimum absolute atomic E-state index is 0.279. The van der Waals surface area contributed by atoms with Crippen LogP contribution in [0.3, 0.4) is 0 Å². The van der Waals surface area contributed by atoms with Gasteiger partial charge in [-0.1, -0.05) is 26.0 Å². The van der Waals surface area contributed by atoms with Crippen LogP contribution < -0.4 is 5.32 Å². The summed E-state index contributed by atoms with van der Waals surface area (Å²) in [7, 11) is 0. The summed E-state index contributed by atoms with van der Waals surface area (Å²) in [5.74, 6) is 1.90. The minimum Gasteiger partial charge on any atom is -0.392 e. The lowest BCUT2D eigenvalue weighted by Crippen LogP contribution is -2.17. The molecular formula is C14H19N3O. The van der Waals surface area contributed by atoms with Gasteiger partial charge in [-0.15, -0.1) is 0 Å². The van der Waals surface area contributed by atoms with Crippen LogP contribution in [0.25, 0.3) is 10.9 Å². The molecule has 0 aliphatic carbocycles. The van der Waals surface area contributed by atoms with Crippen molar-refractivity contribution in [2.24, 2.45) is 0 Å². The first kappa shape index (κ1) is 12.8. The Morgan fingerprint density at radius 3 is 2.56 bits per heavy atom. The fourth-order valence-corrected chi connectivity index (χ4v) is 1.73. The SMILES string of the molecule is CC(O)CNc1nc(C(C)C)nc2ccccc12. The molecule has 1 aromatic carbocycles. The van der Waals surface area contributed by atoms with E-state index in [1.807, 2.05) is 24.3 Å². The van der Waals surface area contributed by atoms with E-state index in [2.05, 4.69) is 29.1 Å². The highest BCUT2D eigenvalue weighted by atomic mass is 16.3. The number of nitrogens with one attached hydrogen (secondary N) is 1. The molecule has 0 aliphatic rings. The summed E-state index contributed by atoms with van der Waals surface area (Å²) in [6, 6.07) is 7.91. The average Bonchev–Trinajstić information content (AvgIpc) is 2.35. The number of fused-ring (bicyclic) bond motifs is 1. The van der Waals surface area contributed by atoms with Crippen LogP contribution in [0.1, 0.15) is 32.5 Å². The Morgan fingerprint density at radius 2 is 1.89 bits per heavy atom. The van der Waals surface area contributed by atoms with Crippen molar-refractivity contribution in [2.75, 3.05) is 11.9 Å². The van der Waals surface area contributed by atoms with Crippen LogP contribution in [-0.2, 0) is 0 Å². The molecule has 18 heavy (non-hydrogen) atoms. The van der Waals surface area contributed by atoms with Crippen LogP contribution in [0.5, 0.6) is 0 Å². The second-order valence-corrected chi connectivity index (χ2v) is 4.83. The van der Waals surface area contributed by atoms with Crippen LogP contribution in [0.2, 0.25) is 0 Å². The van der Waals surface area contributed by atoms with Crippen LogP contribution in [0, 0.1) is 0 Å². The lowest BCUT2D eigenvalue weighted by molar-refractivity contribution is 0.208. The quantitative estimate of drug-likeness (QED) is 0.869.